The van der Waals surface area contributed by atoms with Crippen molar-refractivity contribution in [1.29, 1.82) is 0 Å². The molecule has 4 heteroatoms. The van der Waals surface area contributed by atoms with Crippen molar-refractivity contribution in [2.75, 3.05) is 11.1 Å². The van der Waals surface area contributed by atoms with Crippen LogP contribution in [0.15, 0.2) is 41.4 Å². The first kappa shape index (κ1) is 19.4. The number of hydrogen-bond acceptors (Lipinski definition) is 3. The number of para-hydroxylation sites is 1. The number of fused-ring (bicyclic) bond motifs is 1. The van der Waals surface area contributed by atoms with Gasteiger partial charge in [0, 0.05) is 23.2 Å². The van der Waals surface area contributed by atoms with Crippen LogP contribution in [0.25, 0.3) is 10.9 Å². The summed E-state index contributed by atoms with van der Waals surface area (Å²) < 4.78 is 0. The van der Waals surface area contributed by atoms with E-state index in [1.54, 1.807) is 11.8 Å². The zero-order valence-electron chi connectivity index (χ0n) is 16.6. The lowest BCUT2D eigenvalue weighted by molar-refractivity contribution is -0.115. The molecule has 1 aromatic heterocycles. The molecule has 0 radical (unpaired) electrons. The van der Waals surface area contributed by atoms with E-state index in [9.17, 15) is 4.79 Å². The van der Waals surface area contributed by atoms with Crippen molar-refractivity contribution in [2.24, 2.45) is 0 Å². The van der Waals surface area contributed by atoms with Crippen LogP contribution in [0.5, 0.6) is 0 Å². The molecule has 0 unspecified atom stereocenters. The predicted molar refractivity (Wildman–Crippen MR) is 116 cm³/mol. The molecule has 0 saturated heterocycles. The van der Waals surface area contributed by atoms with Crippen LogP contribution in [-0.4, -0.2) is 16.6 Å². The van der Waals surface area contributed by atoms with Gasteiger partial charge in [-0.3, -0.25) is 4.79 Å². The molecule has 140 valence electrons. The number of nitrogens with zero attached hydrogens (tertiary/aromatic N) is 1. The fraction of sp³-hybridized carbons (Fsp3) is 0.304. The van der Waals surface area contributed by atoms with Gasteiger partial charge in [-0.05, 0) is 62.9 Å². The summed E-state index contributed by atoms with van der Waals surface area (Å²) in [7, 11) is 0. The molecule has 3 rings (SSSR count). The Morgan fingerprint density at radius 2 is 1.67 bits per heavy atom. The van der Waals surface area contributed by atoms with Crippen molar-refractivity contribution >= 4 is 34.3 Å². The summed E-state index contributed by atoms with van der Waals surface area (Å²) in [5.41, 5.74) is 7.82. The van der Waals surface area contributed by atoms with E-state index in [1.165, 1.54) is 22.1 Å². The Labute approximate surface area is 165 Å². The van der Waals surface area contributed by atoms with Gasteiger partial charge in [0.05, 0.1) is 10.5 Å². The molecule has 0 atom stereocenters. The topological polar surface area (TPSA) is 42.0 Å². The normalized spacial score (nSPS) is 11.0. The highest BCUT2D eigenvalue weighted by molar-refractivity contribution is 7.99. The van der Waals surface area contributed by atoms with Crippen LogP contribution in [0, 0.1) is 34.6 Å². The summed E-state index contributed by atoms with van der Waals surface area (Å²) in [6.45, 7) is 10.3. The minimum atomic E-state index is 0.0474. The molecule has 1 N–H and O–H groups in total. The Morgan fingerprint density at radius 1 is 0.963 bits per heavy atom. The van der Waals surface area contributed by atoms with E-state index in [4.69, 9.17) is 4.98 Å². The lowest BCUT2D eigenvalue weighted by Gasteiger charge is -2.13. The number of nitrogens with one attached hydrogen (secondary N) is 1. The number of amides is 1. The molecule has 0 bridgehead atoms. The molecule has 3 nitrogen and oxygen atoms in total. The average Bonchev–Trinajstić information content (AvgIpc) is 2.59. The Balaban J connectivity index is 1.64. The van der Waals surface area contributed by atoms with Gasteiger partial charge < -0.3 is 5.32 Å². The first-order valence-electron chi connectivity index (χ1n) is 9.22. The summed E-state index contributed by atoms with van der Waals surface area (Å²) in [5.74, 6) is 0.755. The van der Waals surface area contributed by atoms with Gasteiger partial charge in [0.2, 0.25) is 5.91 Å². The predicted octanol–water partition coefficient (Wildman–Crippen LogP) is 5.90. The molecule has 2 aromatic carbocycles. The molecule has 0 fully saturated rings. The van der Waals surface area contributed by atoms with E-state index in [1.807, 2.05) is 13.8 Å². The van der Waals surface area contributed by atoms with Gasteiger partial charge in [-0.25, -0.2) is 4.98 Å². The van der Waals surface area contributed by atoms with Crippen LogP contribution in [-0.2, 0) is 4.79 Å². The van der Waals surface area contributed by atoms with Crippen LogP contribution in [0.2, 0.25) is 0 Å². The number of carbonyl (C=O) groups excluding carboxylic acids is 1. The summed E-state index contributed by atoms with van der Waals surface area (Å²) in [4.78, 5) is 17.2. The molecular weight excluding hydrogens is 352 g/mol. The quantitative estimate of drug-likeness (QED) is 0.562. The highest BCUT2D eigenvalue weighted by atomic mass is 32.2. The summed E-state index contributed by atoms with van der Waals surface area (Å²) in [5, 5.41) is 5.24. The second-order valence-corrected chi connectivity index (χ2v) is 8.28. The standard InChI is InChI=1S/C23H26N2OS/c1-14-11-17(4)22(18(5)12-14)24-20(26)9-10-27-21-13-16(3)19-8-6-7-15(2)23(19)25-21/h6-8,11-13H,9-10H2,1-5H3,(H,24,26). The van der Waals surface area contributed by atoms with Crippen LogP contribution in [0.4, 0.5) is 5.69 Å². The van der Waals surface area contributed by atoms with Crippen molar-refractivity contribution in [3.05, 3.63) is 64.2 Å². The highest BCUT2D eigenvalue weighted by Gasteiger charge is 2.10. The molecule has 0 spiro atoms. The fourth-order valence-electron chi connectivity index (χ4n) is 3.43. The maximum absolute atomic E-state index is 12.4. The maximum Gasteiger partial charge on any atom is 0.225 e. The molecule has 1 heterocycles. The number of benzene rings is 2. The molecule has 3 aromatic rings. The number of aryl methyl sites for hydroxylation is 5. The Bertz CT molecular complexity index is 988. The average molecular weight is 379 g/mol. The van der Waals surface area contributed by atoms with E-state index in [0.29, 0.717) is 12.2 Å². The van der Waals surface area contributed by atoms with Gasteiger partial charge in [0.15, 0.2) is 0 Å². The van der Waals surface area contributed by atoms with Crippen LogP contribution >= 0.6 is 11.8 Å². The minimum absolute atomic E-state index is 0.0474. The van der Waals surface area contributed by atoms with Crippen molar-refractivity contribution in [1.82, 2.24) is 4.98 Å². The SMILES string of the molecule is Cc1cc(C)c(NC(=O)CCSc2cc(C)c3cccc(C)c3n2)c(C)c1. The molecule has 0 aliphatic rings. The first-order valence-corrected chi connectivity index (χ1v) is 10.2. The molecular formula is C23H26N2OS. The minimum Gasteiger partial charge on any atom is -0.326 e. The number of thioether (sulfide) groups is 1. The number of pyridine rings is 1. The zero-order valence-corrected chi connectivity index (χ0v) is 17.5. The highest BCUT2D eigenvalue weighted by Crippen LogP contribution is 2.26. The number of carbonyl (C=O) groups is 1. The van der Waals surface area contributed by atoms with E-state index in [0.717, 1.165) is 27.4 Å². The lowest BCUT2D eigenvalue weighted by Crippen LogP contribution is -2.14. The Kier molecular flexibility index (Phi) is 5.85. The van der Waals surface area contributed by atoms with Crippen LogP contribution in [0.3, 0.4) is 0 Å². The second kappa shape index (κ2) is 8.13. The van der Waals surface area contributed by atoms with Gasteiger partial charge in [-0.15, -0.1) is 11.8 Å². The van der Waals surface area contributed by atoms with Gasteiger partial charge >= 0.3 is 0 Å². The fourth-order valence-corrected chi connectivity index (χ4v) is 4.34. The molecule has 0 aliphatic carbocycles. The number of aromatic nitrogens is 1. The summed E-state index contributed by atoms with van der Waals surface area (Å²) in [6, 6.07) is 12.6. The van der Waals surface area contributed by atoms with E-state index in [-0.39, 0.29) is 5.91 Å². The van der Waals surface area contributed by atoms with E-state index < -0.39 is 0 Å². The van der Waals surface area contributed by atoms with Crippen molar-refractivity contribution in [3.8, 4) is 0 Å². The molecule has 0 saturated carbocycles. The van der Waals surface area contributed by atoms with E-state index >= 15 is 0 Å². The smallest absolute Gasteiger partial charge is 0.225 e. The third kappa shape index (κ3) is 4.51. The molecule has 0 aliphatic heterocycles. The van der Waals surface area contributed by atoms with Crippen LogP contribution < -0.4 is 5.32 Å². The van der Waals surface area contributed by atoms with Crippen molar-refractivity contribution in [2.45, 2.75) is 46.1 Å². The monoisotopic (exact) mass is 378 g/mol. The maximum atomic E-state index is 12.4. The van der Waals surface area contributed by atoms with Crippen molar-refractivity contribution in [3.63, 3.8) is 0 Å². The number of rotatable bonds is 5. The summed E-state index contributed by atoms with van der Waals surface area (Å²) in [6.07, 6.45) is 0.462. The second-order valence-electron chi connectivity index (χ2n) is 7.17. The third-order valence-electron chi connectivity index (χ3n) is 4.75. The Morgan fingerprint density at radius 3 is 2.37 bits per heavy atom. The van der Waals surface area contributed by atoms with Gasteiger partial charge in [-0.2, -0.15) is 0 Å². The van der Waals surface area contributed by atoms with Gasteiger partial charge in [-0.1, -0.05) is 35.9 Å². The number of hydrogen-bond donors (Lipinski definition) is 1. The molecule has 27 heavy (non-hydrogen) atoms. The lowest BCUT2D eigenvalue weighted by atomic mass is 10.1. The Hall–Kier alpha value is -2.33. The summed E-state index contributed by atoms with van der Waals surface area (Å²) >= 11 is 1.64. The van der Waals surface area contributed by atoms with E-state index in [2.05, 4.69) is 62.5 Å². The first-order chi connectivity index (χ1) is 12.8. The van der Waals surface area contributed by atoms with Crippen LogP contribution in [0.1, 0.15) is 34.2 Å². The van der Waals surface area contributed by atoms with Crippen molar-refractivity contribution < 1.29 is 4.79 Å². The van der Waals surface area contributed by atoms with Gasteiger partial charge in [0.1, 0.15) is 0 Å². The largest absolute Gasteiger partial charge is 0.326 e. The number of anilines is 1. The third-order valence-corrected chi connectivity index (χ3v) is 5.66. The van der Waals surface area contributed by atoms with Gasteiger partial charge in [0.25, 0.3) is 0 Å². The zero-order chi connectivity index (χ0) is 19.6. The molecule has 1 amide bonds.